The highest BCUT2D eigenvalue weighted by molar-refractivity contribution is 5.79. The van der Waals surface area contributed by atoms with Crippen molar-refractivity contribution in [1.29, 1.82) is 0 Å². The molecule has 2 unspecified atom stereocenters. The van der Waals surface area contributed by atoms with Crippen LogP contribution in [0.4, 0.5) is 5.95 Å². The highest BCUT2D eigenvalue weighted by Gasteiger charge is 2.27. The first-order valence-corrected chi connectivity index (χ1v) is 6.36. The van der Waals surface area contributed by atoms with Crippen LogP contribution < -0.4 is 10.5 Å². The van der Waals surface area contributed by atoms with Gasteiger partial charge >= 0.3 is 0 Å². The fourth-order valence-electron chi connectivity index (χ4n) is 2.61. The van der Waals surface area contributed by atoms with E-state index < -0.39 is 0 Å². The van der Waals surface area contributed by atoms with Gasteiger partial charge in [-0.05, 0) is 19.8 Å². The fourth-order valence-corrected chi connectivity index (χ4v) is 2.61. The molecule has 19 heavy (non-hydrogen) atoms. The van der Waals surface area contributed by atoms with Crippen molar-refractivity contribution in [3.8, 4) is 5.88 Å². The Morgan fingerprint density at radius 1 is 1.53 bits per heavy atom. The minimum Gasteiger partial charge on any atom is -0.479 e. The molecule has 102 valence electrons. The van der Waals surface area contributed by atoms with Crippen molar-refractivity contribution in [3.63, 3.8) is 0 Å². The molecule has 3 rings (SSSR count). The van der Waals surface area contributed by atoms with Crippen molar-refractivity contribution in [2.24, 2.45) is 0 Å². The van der Waals surface area contributed by atoms with Gasteiger partial charge in [-0.1, -0.05) is 0 Å². The first-order chi connectivity index (χ1) is 9.22. The fraction of sp³-hybridized carbons (Fsp3) is 0.583. The average molecular weight is 263 g/mol. The topological polar surface area (TPSA) is 88.1 Å². The maximum Gasteiger partial charge on any atom is 0.245 e. The van der Waals surface area contributed by atoms with E-state index in [1.54, 1.807) is 7.11 Å². The smallest absolute Gasteiger partial charge is 0.245 e. The van der Waals surface area contributed by atoms with E-state index in [1.807, 2.05) is 4.57 Å². The summed E-state index contributed by atoms with van der Waals surface area (Å²) in [7, 11) is 1.56. The van der Waals surface area contributed by atoms with Crippen LogP contribution in [0, 0.1) is 0 Å². The maximum absolute atomic E-state index is 6.02. The zero-order valence-electron chi connectivity index (χ0n) is 11.0. The molecule has 2 aromatic heterocycles. The van der Waals surface area contributed by atoms with Gasteiger partial charge in [0.15, 0.2) is 11.2 Å². The number of hydrogen-bond acceptors (Lipinski definition) is 6. The Balaban J connectivity index is 2.09. The molecule has 0 spiro atoms. The van der Waals surface area contributed by atoms with Gasteiger partial charge in [-0.2, -0.15) is 4.98 Å². The molecule has 1 aliphatic rings. The van der Waals surface area contributed by atoms with Crippen LogP contribution in [0.3, 0.4) is 0 Å². The molecule has 2 N–H and O–H groups in total. The van der Waals surface area contributed by atoms with E-state index >= 15 is 0 Å². The number of imidazole rings is 1. The van der Waals surface area contributed by atoms with Crippen LogP contribution in [0.1, 0.15) is 25.8 Å². The van der Waals surface area contributed by atoms with Gasteiger partial charge in [0.2, 0.25) is 11.8 Å². The van der Waals surface area contributed by atoms with Gasteiger partial charge in [0, 0.05) is 6.61 Å². The molecule has 7 heteroatoms. The summed E-state index contributed by atoms with van der Waals surface area (Å²) in [6.07, 6.45) is 3.73. The Hall–Kier alpha value is -1.89. The summed E-state index contributed by atoms with van der Waals surface area (Å²) in [5, 5.41) is 0. The van der Waals surface area contributed by atoms with Gasteiger partial charge in [0.25, 0.3) is 0 Å². The Morgan fingerprint density at radius 3 is 3.05 bits per heavy atom. The van der Waals surface area contributed by atoms with Gasteiger partial charge in [-0.3, -0.25) is 4.57 Å². The molecule has 7 nitrogen and oxygen atoms in total. The molecule has 2 atom stereocenters. The summed E-state index contributed by atoms with van der Waals surface area (Å²) in [6.45, 7) is 2.88. The number of nitrogen functional groups attached to an aromatic ring is 1. The molecular weight excluding hydrogens is 246 g/mol. The lowest BCUT2D eigenvalue weighted by Gasteiger charge is -2.21. The molecule has 1 aliphatic heterocycles. The number of rotatable bonds is 3. The Labute approximate surface area is 110 Å². The van der Waals surface area contributed by atoms with E-state index in [-0.39, 0.29) is 12.1 Å². The van der Waals surface area contributed by atoms with Crippen LogP contribution in [-0.4, -0.2) is 39.3 Å². The third-order valence-corrected chi connectivity index (χ3v) is 3.57. The quantitative estimate of drug-likeness (QED) is 0.893. The SMILES string of the molecule is COc1ncnc2c1nc(N)n2C(C)C1CCCO1. The van der Waals surface area contributed by atoms with E-state index in [1.165, 1.54) is 6.33 Å². The highest BCUT2D eigenvalue weighted by Crippen LogP contribution is 2.31. The first kappa shape index (κ1) is 12.2. The summed E-state index contributed by atoms with van der Waals surface area (Å²) >= 11 is 0. The second-order valence-electron chi connectivity index (χ2n) is 4.69. The molecule has 0 amide bonds. The van der Waals surface area contributed by atoms with E-state index in [0.29, 0.717) is 23.0 Å². The minimum absolute atomic E-state index is 0.0899. The summed E-state index contributed by atoms with van der Waals surface area (Å²) < 4.78 is 12.8. The Kier molecular flexibility index (Phi) is 2.98. The summed E-state index contributed by atoms with van der Waals surface area (Å²) in [5.41, 5.74) is 7.30. The molecular formula is C12H17N5O2. The molecule has 1 saturated heterocycles. The van der Waals surface area contributed by atoms with Crippen LogP contribution in [0.2, 0.25) is 0 Å². The van der Waals surface area contributed by atoms with Crippen LogP contribution in [0.15, 0.2) is 6.33 Å². The van der Waals surface area contributed by atoms with Crippen LogP contribution in [0.25, 0.3) is 11.2 Å². The zero-order valence-corrected chi connectivity index (χ0v) is 11.0. The van der Waals surface area contributed by atoms with Gasteiger partial charge in [-0.15, -0.1) is 0 Å². The number of anilines is 1. The van der Waals surface area contributed by atoms with Crippen LogP contribution >= 0.6 is 0 Å². The number of aromatic nitrogens is 4. The molecule has 0 aromatic carbocycles. The van der Waals surface area contributed by atoms with Crippen molar-refractivity contribution in [2.45, 2.75) is 31.9 Å². The predicted octanol–water partition coefficient (Wildman–Crippen LogP) is 1.16. The van der Waals surface area contributed by atoms with Crippen molar-refractivity contribution in [1.82, 2.24) is 19.5 Å². The van der Waals surface area contributed by atoms with Gasteiger partial charge < -0.3 is 15.2 Å². The molecule has 0 saturated carbocycles. The van der Waals surface area contributed by atoms with Gasteiger partial charge in [0.05, 0.1) is 19.3 Å². The number of fused-ring (bicyclic) bond motifs is 1. The summed E-state index contributed by atoms with van der Waals surface area (Å²) in [4.78, 5) is 12.6. The van der Waals surface area contributed by atoms with Gasteiger partial charge in [0.1, 0.15) is 6.33 Å². The van der Waals surface area contributed by atoms with Crippen LogP contribution in [0.5, 0.6) is 5.88 Å². The zero-order chi connectivity index (χ0) is 13.4. The molecule has 1 fully saturated rings. The lowest BCUT2D eigenvalue weighted by atomic mass is 10.1. The van der Waals surface area contributed by atoms with E-state index in [0.717, 1.165) is 19.4 Å². The number of methoxy groups -OCH3 is 1. The largest absolute Gasteiger partial charge is 0.479 e. The molecule has 0 bridgehead atoms. The molecule has 0 aliphatic carbocycles. The van der Waals surface area contributed by atoms with E-state index in [9.17, 15) is 0 Å². The average Bonchev–Trinajstić information content (AvgIpc) is 3.04. The Morgan fingerprint density at radius 2 is 2.37 bits per heavy atom. The van der Waals surface area contributed by atoms with Crippen molar-refractivity contribution in [3.05, 3.63) is 6.33 Å². The Bertz CT molecular complexity index is 591. The third-order valence-electron chi connectivity index (χ3n) is 3.57. The second-order valence-corrected chi connectivity index (χ2v) is 4.69. The highest BCUT2D eigenvalue weighted by atomic mass is 16.5. The van der Waals surface area contributed by atoms with Crippen molar-refractivity contribution in [2.75, 3.05) is 19.5 Å². The van der Waals surface area contributed by atoms with Crippen molar-refractivity contribution >= 4 is 17.1 Å². The predicted molar refractivity (Wildman–Crippen MR) is 70.0 cm³/mol. The van der Waals surface area contributed by atoms with Crippen molar-refractivity contribution < 1.29 is 9.47 Å². The molecule has 3 heterocycles. The number of nitrogens with two attached hydrogens (primary N) is 1. The molecule has 0 radical (unpaired) electrons. The van der Waals surface area contributed by atoms with Crippen LogP contribution in [-0.2, 0) is 4.74 Å². The number of ether oxygens (including phenoxy) is 2. The maximum atomic E-state index is 6.02. The standard InChI is InChI=1S/C12H17N5O2/c1-7(8-4-3-5-19-8)17-10-9(16-12(17)13)11(18-2)15-6-14-10/h6-8H,3-5H2,1-2H3,(H2,13,16). The summed E-state index contributed by atoms with van der Waals surface area (Å²) in [5.74, 6) is 0.854. The lowest BCUT2D eigenvalue weighted by molar-refractivity contribution is 0.0750. The van der Waals surface area contributed by atoms with Gasteiger partial charge in [-0.25, -0.2) is 9.97 Å². The monoisotopic (exact) mass is 263 g/mol. The number of nitrogens with zero attached hydrogens (tertiary/aromatic N) is 4. The minimum atomic E-state index is 0.0899. The number of hydrogen-bond donors (Lipinski definition) is 1. The van der Waals surface area contributed by atoms with E-state index in [4.69, 9.17) is 15.2 Å². The molecule has 2 aromatic rings. The lowest BCUT2D eigenvalue weighted by Crippen LogP contribution is -2.22. The van der Waals surface area contributed by atoms with E-state index in [2.05, 4.69) is 21.9 Å². The normalized spacial score (nSPS) is 20.8. The third kappa shape index (κ3) is 1.90. The second kappa shape index (κ2) is 4.65. The summed E-state index contributed by atoms with van der Waals surface area (Å²) in [6, 6.07) is 0.0899. The first-order valence-electron chi connectivity index (χ1n) is 6.36.